The second-order valence-electron chi connectivity index (χ2n) is 7.51. The number of amides is 3. The SMILES string of the molecule is CC(C)NC(=O)[C@H](CCCNC(N)=O)CC(=O)[C@@H](NC(C)C)C(C)C. The van der Waals surface area contributed by atoms with Gasteiger partial charge in [0, 0.05) is 31.0 Å². The number of primary amides is 1. The first-order valence-electron chi connectivity index (χ1n) is 9.17. The summed E-state index contributed by atoms with van der Waals surface area (Å²) in [5, 5.41) is 8.69. The number of ketones is 1. The maximum Gasteiger partial charge on any atom is 0.312 e. The van der Waals surface area contributed by atoms with Crippen LogP contribution in [0.1, 0.15) is 60.8 Å². The number of carbonyl (C=O) groups is 3. The molecule has 0 aliphatic rings. The van der Waals surface area contributed by atoms with E-state index in [0.717, 1.165) is 0 Å². The first kappa shape index (κ1) is 23.4. The summed E-state index contributed by atoms with van der Waals surface area (Å²) in [4.78, 5) is 35.9. The molecule has 0 unspecified atom stereocenters. The molecule has 0 rings (SSSR count). The lowest BCUT2D eigenvalue weighted by molar-refractivity contribution is -0.131. The molecule has 0 aliphatic carbocycles. The van der Waals surface area contributed by atoms with Crippen LogP contribution in [-0.2, 0) is 9.59 Å². The van der Waals surface area contributed by atoms with Gasteiger partial charge in [0.25, 0.3) is 0 Å². The highest BCUT2D eigenvalue weighted by Crippen LogP contribution is 2.17. The third-order valence-corrected chi connectivity index (χ3v) is 3.80. The predicted octanol–water partition coefficient (Wildman–Crippen LogP) is 1.56. The van der Waals surface area contributed by atoms with Crippen LogP contribution < -0.4 is 21.7 Å². The summed E-state index contributed by atoms with van der Waals surface area (Å²) in [5.41, 5.74) is 5.04. The Labute approximate surface area is 151 Å². The molecular formula is C18H36N4O3. The number of carbonyl (C=O) groups excluding carboxylic acids is 3. The van der Waals surface area contributed by atoms with E-state index in [1.165, 1.54) is 0 Å². The topological polar surface area (TPSA) is 113 Å². The van der Waals surface area contributed by atoms with E-state index in [-0.39, 0.29) is 42.2 Å². The standard InChI is InChI=1S/C18H36N4O3/c1-11(2)16(21-12(3)4)15(23)10-14(17(24)22-13(5)6)8-7-9-20-18(19)25/h11-14,16,21H,7-10H2,1-6H3,(H,22,24)(H3,19,20,25)/t14-,16+/m1/s1. The average Bonchev–Trinajstić information content (AvgIpc) is 2.46. The molecule has 0 spiro atoms. The third-order valence-electron chi connectivity index (χ3n) is 3.80. The highest BCUT2D eigenvalue weighted by atomic mass is 16.2. The minimum atomic E-state index is -0.583. The lowest BCUT2D eigenvalue weighted by atomic mass is 9.89. The van der Waals surface area contributed by atoms with Crippen molar-refractivity contribution in [3.05, 3.63) is 0 Å². The van der Waals surface area contributed by atoms with Crippen molar-refractivity contribution in [3.63, 3.8) is 0 Å². The Morgan fingerprint density at radius 2 is 1.56 bits per heavy atom. The quantitative estimate of drug-likeness (QED) is 0.397. The molecule has 25 heavy (non-hydrogen) atoms. The van der Waals surface area contributed by atoms with Gasteiger partial charge >= 0.3 is 6.03 Å². The maximum absolute atomic E-state index is 12.7. The summed E-state index contributed by atoms with van der Waals surface area (Å²) < 4.78 is 0. The molecule has 0 aromatic heterocycles. The van der Waals surface area contributed by atoms with Gasteiger partial charge in [-0.05, 0) is 32.6 Å². The van der Waals surface area contributed by atoms with E-state index >= 15 is 0 Å². The molecule has 7 nitrogen and oxygen atoms in total. The van der Waals surface area contributed by atoms with Gasteiger partial charge in [0.1, 0.15) is 0 Å². The van der Waals surface area contributed by atoms with Crippen molar-refractivity contribution in [2.75, 3.05) is 6.54 Å². The Kier molecular flexibility index (Phi) is 11.1. The minimum absolute atomic E-state index is 0.0172. The van der Waals surface area contributed by atoms with Gasteiger partial charge in [0.15, 0.2) is 5.78 Å². The Morgan fingerprint density at radius 3 is 2.00 bits per heavy atom. The molecule has 0 aliphatic heterocycles. The summed E-state index contributed by atoms with van der Waals surface area (Å²) in [7, 11) is 0. The predicted molar refractivity (Wildman–Crippen MR) is 100 cm³/mol. The zero-order valence-electron chi connectivity index (χ0n) is 16.5. The summed E-state index contributed by atoms with van der Waals surface area (Å²) in [5.74, 6) is -0.315. The van der Waals surface area contributed by atoms with Gasteiger partial charge in [-0.2, -0.15) is 0 Å². The van der Waals surface area contributed by atoms with Crippen LogP contribution in [0.3, 0.4) is 0 Å². The monoisotopic (exact) mass is 356 g/mol. The van der Waals surface area contributed by atoms with Crippen LogP contribution in [0.4, 0.5) is 4.79 Å². The lowest BCUT2D eigenvalue weighted by Gasteiger charge is -2.26. The molecule has 0 saturated heterocycles. The molecule has 146 valence electrons. The molecule has 0 fully saturated rings. The number of nitrogens with two attached hydrogens (primary N) is 1. The molecule has 0 bridgehead atoms. The Hall–Kier alpha value is -1.63. The van der Waals surface area contributed by atoms with Gasteiger partial charge in [-0.3, -0.25) is 9.59 Å². The average molecular weight is 357 g/mol. The fraction of sp³-hybridized carbons (Fsp3) is 0.833. The molecule has 5 N–H and O–H groups in total. The zero-order valence-corrected chi connectivity index (χ0v) is 16.5. The first-order valence-corrected chi connectivity index (χ1v) is 9.17. The fourth-order valence-corrected chi connectivity index (χ4v) is 2.67. The van der Waals surface area contributed by atoms with Crippen molar-refractivity contribution >= 4 is 17.7 Å². The number of hydrogen-bond acceptors (Lipinski definition) is 4. The van der Waals surface area contributed by atoms with Gasteiger partial charge in [0.05, 0.1) is 6.04 Å². The zero-order chi connectivity index (χ0) is 19.6. The number of hydrogen-bond donors (Lipinski definition) is 4. The maximum atomic E-state index is 12.7. The van der Waals surface area contributed by atoms with Crippen LogP contribution >= 0.6 is 0 Å². The normalized spacial score (nSPS) is 13.8. The first-order chi connectivity index (χ1) is 11.5. The van der Waals surface area contributed by atoms with Crippen LogP contribution in [0.15, 0.2) is 0 Å². The van der Waals surface area contributed by atoms with Crippen LogP contribution in [0.5, 0.6) is 0 Å². The molecule has 0 aromatic rings. The van der Waals surface area contributed by atoms with Crippen LogP contribution in [0.25, 0.3) is 0 Å². The third kappa shape index (κ3) is 10.8. The molecule has 3 amide bonds. The van der Waals surface area contributed by atoms with Crippen LogP contribution in [0.2, 0.25) is 0 Å². The van der Waals surface area contributed by atoms with Crippen molar-refractivity contribution in [2.45, 2.75) is 78.9 Å². The van der Waals surface area contributed by atoms with Crippen molar-refractivity contribution < 1.29 is 14.4 Å². The number of rotatable bonds is 12. The summed E-state index contributed by atoms with van der Waals surface area (Å²) in [6.07, 6.45) is 1.31. The number of urea groups is 1. The van der Waals surface area contributed by atoms with Crippen molar-refractivity contribution in [3.8, 4) is 0 Å². The van der Waals surface area contributed by atoms with Crippen LogP contribution in [-0.4, -0.2) is 42.4 Å². The van der Waals surface area contributed by atoms with E-state index in [4.69, 9.17) is 5.73 Å². The van der Waals surface area contributed by atoms with E-state index < -0.39 is 11.9 Å². The Morgan fingerprint density at radius 1 is 0.960 bits per heavy atom. The minimum Gasteiger partial charge on any atom is -0.354 e. The summed E-state index contributed by atoms with van der Waals surface area (Å²) >= 11 is 0. The van der Waals surface area contributed by atoms with E-state index in [2.05, 4.69) is 16.0 Å². The van der Waals surface area contributed by atoms with Crippen molar-refractivity contribution in [1.82, 2.24) is 16.0 Å². The molecule has 7 heteroatoms. The highest BCUT2D eigenvalue weighted by Gasteiger charge is 2.28. The largest absolute Gasteiger partial charge is 0.354 e. The lowest BCUT2D eigenvalue weighted by Crippen LogP contribution is -2.46. The number of Topliss-reactive ketones (excluding diaryl/α,β-unsaturated/α-hetero) is 1. The van der Waals surface area contributed by atoms with Crippen LogP contribution in [0, 0.1) is 11.8 Å². The molecule has 0 saturated carbocycles. The molecule has 0 heterocycles. The van der Waals surface area contributed by atoms with Crippen molar-refractivity contribution in [1.29, 1.82) is 0 Å². The van der Waals surface area contributed by atoms with E-state index in [9.17, 15) is 14.4 Å². The Balaban J connectivity index is 4.90. The van der Waals surface area contributed by atoms with E-state index in [0.29, 0.717) is 19.4 Å². The molecule has 0 aromatic carbocycles. The van der Waals surface area contributed by atoms with Gasteiger partial charge in [-0.25, -0.2) is 4.79 Å². The molecule has 2 atom stereocenters. The van der Waals surface area contributed by atoms with Gasteiger partial charge in [0.2, 0.25) is 5.91 Å². The molecule has 0 radical (unpaired) electrons. The summed E-state index contributed by atoms with van der Waals surface area (Å²) in [6, 6.07) is -0.638. The van der Waals surface area contributed by atoms with Gasteiger partial charge in [-0.1, -0.05) is 27.7 Å². The smallest absolute Gasteiger partial charge is 0.312 e. The Bertz CT molecular complexity index is 436. The summed E-state index contributed by atoms with van der Waals surface area (Å²) in [6.45, 7) is 12.2. The number of nitrogens with one attached hydrogen (secondary N) is 3. The van der Waals surface area contributed by atoms with Gasteiger partial charge in [-0.15, -0.1) is 0 Å². The van der Waals surface area contributed by atoms with E-state index in [1.807, 2.05) is 41.5 Å². The second-order valence-corrected chi connectivity index (χ2v) is 7.51. The van der Waals surface area contributed by atoms with Crippen molar-refractivity contribution in [2.24, 2.45) is 17.6 Å². The highest BCUT2D eigenvalue weighted by molar-refractivity contribution is 5.90. The second kappa shape index (κ2) is 11.8. The molecular weight excluding hydrogens is 320 g/mol. The van der Waals surface area contributed by atoms with Gasteiger partial charge < -0.3 is 21.7 Å². The fourth-order valence-electron chi connectivity index (χ4n) is 2.67. The van der Waals surface area contributed by atoms with E-state index in [1.54, 1.807) is 0 Å².